The molecule has 0 aliphatic carbocycles. The maximum Gasteiger partial charge on any atom is 0.304 e. The Morgan fingerprint density at radius 3 is 2.30 bits per heavy atom. The topological polar surface area (TPSA) is 55.1 Å². The molecule has 1 aromatic carbocycles. The van der Waals surface area contributed by atoms with Gasteiger partial charge in [-0.25, -0.2) is 4.98 Å². The Hall–Kier alpha value is -2.10. The zero-order valence-corrected chi connectivity index (χ0v) is 12.1. The van der Waals surface area contributed by atoms with E-state index in [2.05, 4.69) is 31.0 Å². The third kappa shape index (κ3) is 3.07. The smallest absolute Gasteiger partial charge is 0.304 e. The summed E-state index contributed by atoms with van der Waals surface area (Å²) in [6.07, 6.45) is 3.59. The van der Waals surface area contributed by atoms with Crippen molar-refractivity contribution in [3.05, 3.63) is 53.6 Å². The maximum absolute atomic E-state index is 11.1. The molecule has 0 aliphatic rings. The van der Waals surface area contributed by atoms with Gasteiger partial charge in [0.15, 0.2) is 0 Å². The van der Waals surface area contributed by atoms with Gasteiger partial charge in [0.25, 0.3) is 0 Å². The fourth-order valence-electron chi connectivity index (χ4n) is 2.36. The molecular formula is C16H20N2O2. The van der Waals surface area contributed by atoms with Gasteiger partial charge in [-0.05, 0) is 17.0 Å². The normalized spacial score (nSPS) is 12.6. The molecule has 1 atom stereocenters. The highest BCUT2D eigenvalue weighted by Crippen LogP contribution is 2.28. The van der Waals surface area contributed by atoms with Crippen LogP contribution < -0.4 is 0 Å². The van der Waals surface area contributed by atoms with Crippen LogP contribution >= 0.6 is 0 Å². The van der Waals surface area contributed by atoms with Gasteiger partial charge in [-0.15, -0.1) is 0 Å². The third-order valence-electron chi connectivity index (χ3n) is 3.55. The van der Waals surface area contributed by atoms with Crippen LogP contribution in [0.25, 0.3) is 0 Å². The summed E-state index contributed by atoms with van der Waals surface area (Å²) in [5.41, 5.74) is 2.24. The van der Waals surface area contributed by atoms with Crippen molar-refractivity contribution in [2.75, 3.05) is 0 Å². The maximum atomic E-state index is 11.1. The lowest BCUT2D eigenvalue weighted by atomic mass is 9.92. The zero-order chi connectivity index (χ0) is 14.7. The predicted octanol–water partition coefficient (Wildman–Crippen LogP) is 3.15. The number of carboxylic acid groups (broad SMARTS) is 1. The molecule has 1 heterocycles. The number of aryl methyl sites for hydroxylation is 1. The van der Waals surface area contributed by atoms with Crippen molar-refractivity contribution in [2.45, 2.75) is 32.1 Å². The van der Waals surface area contributed by atoms with Crippen LogP contribution in [0.15, 0.2) is 36.7 Å². The lowest BCUT2D eigenvalue weighted by molar-refractivity contribution is -0.137. The second kappa shape index (κ2) is 5.90. The highest BCUT2D eigenvalue weighted by atomic mass is 16.4. The average molecular weight is 272 g/mol. The fourth-order valence-corrected chi connectivity index (χ4v) is 2.36. The van der Waals surface area contributed by atoms with Gasteiger partial charge in [-0.3, -0.25) is 4.79 Å². The van der Waals surface area contributed by atoms with Crippen LogP contribution in [0.5, 0.6) is 0 Å². The number of carbonyl (C=O) groups is 1. The number of nitrogens with zero attached hydrogens (tertiary/aromatic N) is 2. The quantitative estimate of drug-likeness (QED) is 0.909. The van der Waals surface area contributed by atoms with Gasteiger partial charge in [0.1, 0.15) is 5.82 Å². The molecule has 1 unspecified atom stereocenters. The molecule has 2 aromatic rings. The van der Waals surface area contributed by atoms with E-state index in [0.29, 0.717) is 5.92 Å². The van der Waals surface area contributed by atoms with Gasteiger partial charge in [0.05, 0.1) is 12.3 Å². The first-order valence-electron chi connectivity index (χ1n) is 6.78. The number of imidazole rings is 1. The third-order valence-corrected chi connectivity index (χ3v) is 3.55. The van der Waals surface area contributed by atoms with E-state index in [-0.39, 0.29) is 12.3 Å². The molecule has 1 N–H and O–H groups in total. The van der Waals surface area contributed by atoms with Crippen molar-refractivity contribution >= 4 is 5.97 Å². The Labute approximate surface area is 119 Å². The lowest BCUT2D eigenvalue weighted by Gasteiger charge is -2.16. The van der Waals surface area contributed by atoms with Crippen LogP contribution in [0.1, 0.15) is 49.1 Å². The number of rotatable bonds is 5. The number of benzene rings is 1. The van der Waals surface area contributed by atoms with Crippen LogP contribution in [-0.4, -0.2) is 20.6 Å². The Morgan fingerprint density at radius 2 is 1.85 bits per heavy atom. The van der Waals surface area contributed by atoms with Gasteiger partial charge in [-0.2, -0.15) is 0 Å². The van der Waals surface area contributed by atoms with Crippen LogP contribution in [0.2, 0.25) is 0 Å². The molecule has 0 fully saturated rings. The molecule has 0 aliphatic heterocycles. The molecular weight excluding hydrogens is 252 g/mol. The van der Waals surface area contributed by atoms with Gasteiger partial charge < -0.3 is 9.67 Å². The van der Waals surface area contributed by atoms with E-state index >= 15 is 0 Å². The van der Waals surface area contributed by atoms with Gasteiger partial charge >= 0.3 is 5.97 Å². The molecule has 4 heteroatoms. The van der Waals surface area contributed by atoms with Crippen molar-refractivity contribution in [2.24, 2.45) is 7.05 Å². The predicted molar refractivity (Wildman–Crippen MR) is 77.8 cm³/mol. The summed E-state index contributed by atoms with van der Waals surface area (Å²) < 4.78 is 1.88. The van der Waals surface area contributed by atoms with E-state index < -0.39 is 5.97 Å². The van der Waals surface area contributed by atoms with Crippen LogP contribution in [-0.2, 0) is 11.8 Å². The SMILES string of the molecule is CC(C)c1ccc(C(CC(=O)O)c2nccn2C)cc1. The van der Waals surface area contributed by atoms with E-state index in [1.165, 1.54) is 5.56 Å². The largest absolute Gasteiger partial charge is 0.481 e. The molecule has 0 spiro atoms. The molecule has 0 bridgehead atoms. The number of carboxylic acids is 1. The van der Waals surface area contributed by atoms with E-state index in [1.807, 2.05) is 29.9 Å². The lowest BCUT2D eigenvalue weighted by Crippen LogP contribution is -2.12. The van der Waals surface area contributed by atoms with Crippen molar-refractivity contribution < 1.29 is 9.90 Å². The van der Waals surface area contributed by atoms with Crippen molar-refractivity contribution in [3.8, 4) is 0 Å². The second-order valence-corrected chi connectivity index (χ2v) is 5.37. The molecule has 0 saturated carbocycles. The van der Waals surface area contributed by atoms with Gasteiger partial charge in [0.2, 0.25) is 0 Å². The molecule has 20 heavy (non-hydrogen) atoms. The molecule has 106 valence electrons. The van der Waals surface area contributed by atoms with E-state index in [4.69, 9.17) is 5.11 Å². The minimum Gasteiger partial charge on any atom is -0.481 e. The number of hydrogen-bond donors (Lipinski definition) is 1. The van der Waals surface area contributed by atoms with E-state index in [1.54, 1.807) is 6.20 Å². The molecule has 2 rings (SSSR count). The molecule has 4 nitrogen and oxygen atoms in total. The summed E-state index contributed by atoms with van der Waals surface area (Å²) in [6.45, 7) is 4.28. The Morgan fingerprint density at radius 1 is 1.25 bits per heavy atom. The summed E-state index contributed by atoms with van der Waals surface area (Å²) in [5.74, 6) is 0.222. The van der Waals surface area contributed by atoms with Crippen molar-refractivity contribution in [1.82, 2.24) is 9.55 Å². The fraction of sp³-hybridized carbons (Fsp3) is 0.375. The van der Waals surface area contributed by atoms with Crippen LogP contribution in [0.4, 0.5) is 0 Å². The highest BCUT2D eigenvalue weighted by Gasteiger charge is 2.21. The zero-order valence-electron chi connectivity index (χ0n) is 12.1. The summed E-state index contributed by atoms with van der Waals surface area (Å²) in [6, 6.07) is 8.16. The van der Waals surface area contributed by atoms with Crippen molar-refractivity contribution in [3.63, 3.8) is 0 Å². The van der Waals surface area contributed by atoms with Crippen LogP contribution in [0.3, 0.4) is 0 Å². The Bertz CT molecular complexity index is 585. The first-order chi connectivity index (χ1) is 9.49. The molecule has 0 radical (unpaired) electrons. The monoisotopic (exact) mass is 272 g/mol. The summed E-state index contributed by atoms with van der Waals surface area (Å²) in [4.78, 5) is 15.4. The molecule has 0 amide bonds. The number of aliphatic carboxylic acids is 1. The van der Waals surface area contributed by atoms with Crippen molar-refractivity contribution in [1.29, 1.82) is 0 Å². The number of hydrogen-bond acceptors (Lipinski definition) is 2. The van der Waals surface area contributed by atoms with E-state index in [0.717, 1.165) is 11.4 Å². The Balaban J connectivity index is 2.36. The second-order valence-electron chi connectivity index (χ2n) is 5.37. The highest BCUT2D eigenvalue weighted by molar-refractivity contribution is 5.68. The molecule has 1 aromatic heterocycles. The van der Waals surface area contributed by atoms with Gasteiger partial charge in [0, 0.05) is 19.4 Å². The minimum absolute atomic E-state index is 0.0475. The molecule has 0 saturated heterocycles. The van der Waals surface area contributed by atoms with E-state index in [9.17, 15) is 4.79 Å². The van der Waals surface area contributed by atoms with Crippen LogP contribution in [0, 0.1) is 0 Å². The number of aromatic nitrogens is 2. The Kier molecular flexibility index (Phi) is 4.23. The van der Waals surface area contributed by atoms with Gasteiger partial charge in [-0.1, -0.05) is 38.1 Å². The summed E-state index contributed by atoms with van der Waals surface area (Å²) in [5, 5.41) is 9.14. The average Bonchev–Trinajstić information content (AvgIpc) is 2.82. The first-order valence-corrected chi connectivity index (χ1v) is 6.78. The first kappa shape index (κ1) is 14.3. The standard InChI is InChI=1S/C16H20N2O2/c1-11(2)12-4-6-13(7-5-12)14(10-15(19)20)16-17-8-9-18(16)3/h4-9,11,14H,10H2,1-3H3,(H,19,20). The summed E-state index contributed by atoms with van der Waals surface area (Å²) in [7, 11) is 1.89. The minimum atomic E-state index is -0.814. The summed E-state index contributed by atoms with van der Waals surface area (Å²) >= 11 is 0.